The van der Waals surface area contributed by atoms with Crippen molar-refractivity contribution in [3.8, 4) is 0 Å². The quantitative estimate of drug-likeness (QED) is 0.131. The van der Waals surface area contributed by atoms with Gasteiger partial charge in [-0.25, -0.2) is 0 Å². The Kier molecular flexibility index (Phi) is 7.57. The average Bonchev–Trinajstić information content (AvgIpc) is 3.42. The molecule has 4 aliphatic rings. The van der Waals surface area contributed by atoms with Gasteiger partial charge in [0.25, 0.3) is 5.09 Å². The highest BCUT2D eigenvalue weighted by molar-refractivity contribution is 5.74. The molecule has 4 fully saturated rings. The van der Waals surface area contributed by atoms with Crippen LogP contribution in [0.3, 0.4) is 0 Å². The Labute approximate surface area is 212 Å². The van der Waals surface area contributed by atoms with Gasteiger partial charge in [-0.2, -0.15) is 0 Å². The SMILES string of the molecule is C[C@]12CCC(OCCNC(=N)N)CC1CC[C@@H]1[C@H]2CC[C@]2(C)C(c3ccoc3)CC[C@@]12O.O=[N+]([O-])O. The largest absolute Gasteiger partial charge is 0.472 e. The maximum Gasteiger partial charge on any atom is 0.291 e. The van der Waals surface area contributed by atoms with Crippen molar-refractivity contribution in [2.75, 3.05) is 13.2 Å². The zero-order chi connectivity index (χ0) is 26.1. The number of fused-ring (bicyclic) bond motifs is 5. The van der Waals surface area contributed by atoms with Crippen LogP contribution >= 0.6 is 0 Å². The molecular weight excluding hydrogens is 464 g/mol. The molecule has 1 aromatic heterocycles. The maximum absolute atomic E-state index is 12.3. The van der Waals surface area contributed by atoms with Crippen LogP contribution < -0.4 is 11.1 Å². The lowest BCUT2D eigenvalue weighted by Crippen LogP contribution is -2.62. The molecule has 4 saturated carbocycles. The number of guanidine groups is 1. The van der Waals surface area contributed by atoms with Gasteiger partial charge >= 0.3 is 0 Å². The molecule has 10 nitrogen and oxygen atoms in total. The van der Waals surface area contributed by atoms with Crippen LogP contribution in [-0.2, 0) is 4.74 Å². The first kappa shape index (κ1) is 26.7. The Morgan fingerprint density at radius 3 is 2.67 bits per heavy atom. The van der Waals surface area contributed by atoms with E-state index in [1.807, 2.05) is 6.26 Å². The molecule has 0 aromatic carbocycles. The van der Waals surface area contributed by atoms with Crippen molar-refractivity contribution in [2.24, 2.45) is 34.3 Å². The van der Waals surface area contributed by atoms with E-state index < -0.39 is 10.7 Å². The normalized spacial score (nSPS) is 41.1. The van der Waals surface area contributed by atoms with Gasteiger partial charge in [-0.1, -0.05) is 13.8 Å². The summed E-state index contributed by atoms with van der Waals surface area (Å²) in [5.74, 6) is 2.12. The average molecular weight is 507 g/mol. The maximum atomic E-state index is 12.3. The van der Waals surface area contributed by atoms with Crippen LogP contribution in [-0.4, -0.2) is 46.2 Å². The van der Waals surface area contributed by atoms with E-state index in [-0.39, 0.29) is 11.4 Å². The van der Waals surface area contributed by atoms with Gasteiger partial charge in [-0.15, -0.1) is 10.1 Å². The molecule has 36 heavy (non-hydrogen) atoms. The van der Waals surface area contributed by atoms with E-state index in [0.717, 1.165) is 38.5 Å². The standard InChI is InChI=1S/C26H41N3O3.HNO3/c1-24-9-5-19(32-14-12-29-23(27)28)15-18(24)3-4-22-21(24)6-10-25(2)20(7-11-26(22,25)30)17-8-13-31-16-17;2-1(3)4/h8,13,16,18-22,30H,3-7,9-12,14-15H2,1-2H3,(H4,27,28,29);(H,2,3,4)/t18?,19?,20?,21-,22-,24+,25-,26-;/m1./s1. The lowest BCUT2D eigenvalue weighted by molar-refractivity contribution is -0.742. The molecular formula is C26H42N4O6. The third-order valence-electron chi connectivity index (χ3n) is 10.5. The smallest absolute Gasteiger partial charge is 0.291 e. The molecule has 10 heteroatoms. The zero-order valence-electron chi connectivity index (χ0n) is 21.4. The first-order chi connectivity index (χ1) is 17.0. The van der Waals surface area contributed by atoms with Crippen molar-refractivity contribution >= 4 is 5.96 Å². The summed E-state index contributed by atoms with van der Waals surface area (Å²) in [7, 11) is 0. The van der Waals surface area contributed by atoms with Crippen LogP contribution in [0.15, 0.2) is 23.0 Å². The van der Waals surface area contributed by atoms with Gasteiger partial charge in [0, 0.05) is 12.0 Å². The number of nitrogens with one attached hydrogen (secondary N) is 2. The number of furan rings is 1. The molecule has 4 aliphatic carbocycles. The van der Waals surface area contributed by atoms with Gasteiger partial charge in [-0.3, -0.25) is 5.41 Å². The van der Waals surface area contributed by atoms with Gasteiger partial charge in [0.2, 0.25) is 0 Å². The van der Waals surface area contributed by atoms with E-state index in [1.165, 1.54) is 24.8 Å². The van der Waals surface area contributed by atoms with E-state index in [9.17, 15) is 5.11 Å². The summed E-state index contributed by atoms with van der Waals surface area (Å²) in [5.41, 5.74) is 6.34. The molecule has 1 aromatic rings. The second-order valence-corrected chi connectivity index (χ2v) is 11.9. The summed E-state index contributed by atoms with van der Waals surface area (Å²) < 4.78 is 11.6. The van der Waals surface area contributed by atoms with E-state index in [2.05, 4.69) is 25.2 Å². The number of nitrogens with zero attached hydrogens (tertiary/aromatic N) is 1. The fourth-order valence-corrected chi connectivity index (χ4v) is 8.76. The molecule has 0 saturated heterocycles. The number of rotatable bonds is 5. The van der Waals surface area contributed by atoms with E-state index in [4.69, 9.17) is 35.6 Å². The Morgan fingerprint density at radius 1 is 1.25 bits per heavy atom. The third kappa shape index (κ3) is 4.69. The molecule has 5 rings (SSSR count). The minimum absolute atomic E-state index is 0.00675. The Balaban J connectivity index is 0.000000709. The fourth-order valence-electron chi connectivity index (χ4n) is 8.76. The lowest BCUT2D eigenvalue weighted by Gasteiger charge is -2.63. The summed E-state index contributed by atoms with van der Waals surface area (Å²) in [5, 5.41) is 36.0. The fraction of sp³-hybridized carbons (Fsp3) is 0.808. The molecule has 0 radical (unpaired) electrons. The van der Waals surface area contributed by atoms with E-state index >= 15 is 0 Å². The summed E-state index contributed by atoms with van der Waals surface area (Å²) in [6.07, 6.45) is 14.1. The lowest BCUT2D eigenvalue weighted by atomic mass is 9.43. The van der Waals surface area contributed by atoms with Crippen molar-refractivity contribution in [1.82, 2.24) is 5.32 Å². The van der Waals surface area contributed by atoms with Crippen molar-refractivity contribution in [1.29, 1.82) is 5.41 Å². The van der Waals surface area contributed by atoms with Crippen LogP contribution in [0.4, 0.5) is 0 Å². The molecule has 3 unspecified atom stereocenters. The zero-order valence-corrected chi connectivity index (χ0v) is 21.4. The molecule has 6 N–H and O–H groups in total. The van der Waals surface area contributed by atoms with E-state index in [1.54, 1.807) is 6.26 Å². The second kappa shape index (κ2) is 10.2. The van der Waals surface area contributed by atoms with Crippen molar-refractivity contribution in [3.05, 3.63) is 34.3 Å². The first-order valence-electron chi connectivity index (χ1n) is 13.3. The summed E-state index contributed by atoms with van der Waals surface area (Å²) >= 11 is 0. The van der Waals surface area contributed by atoms with Crippen molar-refractivity contribution in [3.63, 3.8) is 0 Å². The summed E-state index contributed by atoms with van der Waals surface area (Å²) in [6.45, 7) is 6.09. The molecule has 1 heterocycles. The van der Waals surface area contributed by atoms with Crippen molar-refractivity contribution < 1.29 is 24.6 Å². The summed E-state index contributed by atoms with van der Waals surface area (Å²) in [4.78, 5) is 8.36. The van der Waals surface area contributed by atoms with Gasteiger partial charge in [0.05, 0.1) is 30.8 Å². The molecule has 0 bridgehead atoms. The van der Waals surface area contributed by atoms with Gasteiger partial charge in [-0.05, 0) is 98.5 Å². The predicted octanol–water partition coefficient (Wildman–Crippen LogP) is 4.04. The monoisotopic (exact) mass is 506 g/mol. The Morgan fingerprint density at radius 2 is 2.00 bits per heavy atom. The van der Waals surface area contributed by atoms with Gasteiger partial charge in [0.15, 0.2) is 5.96 Å². The third-order valence-corrected chi connectivity index (χ3v) is 10.5. The first-order valence-corrected chi connectivity index (χ1v) is 13.3. The number of hydrogen-bond acceptors (Lipinski definition) is 6. The van der Waals surface area contributed by atoms with E-state index in [0.29, 0.717) is 48.3 Å². The highest BCUT2D eigenvalue weighted by Gasteiger charge is 2.67. The second-order valence-electron chi connectivity index (χ2n) is 11.9. The number of ether oxygens (including phenoxy) is 1. The highest BCUT2D eigenvalue weighted by atomic mass is 16.9. The molecule has 8 atom stereocenters. The van der Waals surface area contributed by atoms with Crippen molar-refractivity contribution in [2.45, 2.75) is 89.3 Å². The summed E-state index contributed by atoms with van der Waals surface area (Å²) in [6, 6.07) is 2.11. The van der Waals surface area contributed by atoms with Crippen LogP contribution in [0.25, 0.3) is 0 Å². The molecule has 0 spiro atoms. The van der Waals surface area contributed by atoms with Gasteiger partial charge < -0.3 is 30.5 Å². The number of hydrogen-bond donors (Lipinski definition) is 5. The van der Waals surface area contributed by atoms with Crippen LogP contribution in [0.2, 0.25) is 0 Å². The number of nitrogens with two attached hydrogens (primary N) is 1. The molecule has 0 amide bonds. The van der Waals surface area contributed by atoms with Crippen LogP contribution in [0.1, 0.15) is 83.1 Å². The van der Waals surface area contributed by atoms with Crippen LogP contribution in [0.5, 0.6) is 0 Å². The predicted molar refractivity (Wildman–Crippen MR) is 133 cm³/mol. The Bertz CT molecular complexity index is 924. The Hall–Kier alpha value is -2.33. The van der Waals surface area contributed by atoms with Crippen LogP contribution in [0, 0.1) is 44.1 Å². The topological polar surface area (TPSA) is 168 Å². The highest BCUT2D eigenvalue weighted by Crippen LogP contribution is 2.70. The minimum atomic E-state index is -1.50. The number of aliphatic hydroxyl groups is 1. The molecule has 0 aliphatic heterocycles. The van der Waals surface area contributed by atoms with Gasteiger partial charge in [0.1, 0.15) is 0 Å². The molecule has 202 valence electrons. The minimum Gasteiger partial charge on any atom is -0.472 e.